The molecule has 0 fully saturated rings. The Morgan fingerprint density at radius 1 is 1.32 bits per heavy atom. The van der Waals surface area contributed by atoms with Crippen LogP contribution in [0.1, 0.15) is 26.7 Å². The quantitative estimate of drug-likeness (QED) is 0.561. The standard InChI is InChI=1S/C12H24N2O5/c1-4-9(5-2)14(6-7-19-3)12(18)13-10(8-15)11(16)17/h9-10,15H,4-8H2,1-3H3,(H,13,18)(H,16,17)/t10-/m1/s1. The van der Waals surface area contributed by atoms with Gasteiger partial charge >= 0.3 is 12.0 Å². The van der Waals surface area contributed by atoms with Gasteiger partial charge in [0.2, 0.25) is 0 Å². The van der Waals surface area contributed by atoms with Gasteiger partial charge in [-0.1, -0.05) is 13.8 Å². The first-order chi connectivity index (χ1) is 9.01. The van der Waals surface area contributed by atoms with Gasteiger partial charge in [-0.2, -0.15) is 0 Å². The first-order valence-corrected chi connectivity index (χ1v) is 6.41. The van der Waals surface area contributed by atoms with Crippen molar-refractivity contribution in [2.45, 2.75) is 38.8 Å². The summed E-state index contributed by atoms with van der Waals surface area (Å²) in [6.45, 7) is 4.04. The Hall–Kier alpha value is -1.34. The summed E-state index contributed by atoms with van der Waals surface area (Å²) in [5.41, 5.74) is 0. The van der Waals surface area contributed by atoms with Crippen molar-refractivity contribution in [3.05, 3.63) is 0 Å². The molecular formula is C12H24N2O5. The minimum Gasteiger partial charge on any atom is -0.480 e. The number of carbonyl (C=O) groups excluding carboxylic acids is 1. The van der Waals surface area contributed by atoms with Gasteiger partial charge in [-0.25, -0.2) is 9.59 Å². The van der Waals surface area contributed by atoms with Gasteiger partial charge in [0.05, 0.1) is 13.2 Å². The number of nitrogens with one attached hydrogen (secondary N) is 1. The zero-order valence-electron chi connectivity index (χ0n) is 11.8. The van der Waals surface area contributed by atoms with Crippen molar-refractivity contribution in [3.63, 3.8) is 0 Å². The van der Waals surface area contributed by atoms with E-state index in [1.807, 2.05) is 13.8 Å². The van der Waals surface area contributed by atoms with E-state index in [-0.39, 0.29) is 6.04 Å². The SMILES string of the molecule is CCC(CC)N(CCOC)C(=O)N[C@H](CO)C(=O)O. The number of hydrogen-bond acceptors (Lipinski definition) is 4. The molecule has 0 bridgehead atoms. The van der Waals surface area contributed by atoms with E-state index >= 15 is 0 Å². The number of hydrogen-bond donors (Lipinski definition) is 3. The number of aliphatic hydroxyl groups is 1. The highest BCUT2D eigenvalue weighted by Crippen LogP contribution is 2.09. The minimum absolute atomic E-state index is 0.0169. The molecule has 0 aromatic heterocycles. The van der Waals surface area contributed by atoms with Crippen LogP contribution < -0.4 is 5.32 Å². The van der Waals surface area contributed by atoms with Gasteiger partial charge in [0.15, 0.2) is 6.04 Å². The third-order valence-electron chi connectivity index (χ3n) is 2.96. The van der Waals surface area contributed by atoms with Crippen molar-refractivity contribution in [1.82, 2.24) is 10.2 Å². The van der Waals surface area contributed by atoms with Gasteiger partial charge in [-0.3, -0.25) is 0 Å². The Bertz CT molecular complexity index is 281. The second-order valence-corrected chi connectivity index (χ2v) is 4.18. The van der Waals surface area contributed by atoms with Crippen LogP contribution in [-0.4, -0.2) is 66.1 Å². The van der Waals surface area contributed by atoms with E-state index in [0.717, 1.165) is 12.8 Å². The van der Waals surface area contributed by atoms with Crippen LogP contribution in [0.4, 0.5) is 4.79 Å². The number of aliphatic hydroxyl groups excluding tert-OH is 1. The van der Waals surface area contributed by atoms with Crippen LogP contribution >= 0.6 is 0 Å². The Labute approximate surface area is 113 Å². The Morgan fingerprint density at radius 3 is 2.26 bits per heavy atom. The smallest absolute Gasteiger partial charge is 0.328 e. The molecule has 112 valence electrons. The highest BCUT2D eigenvalue weighted by atomic mass is 16.5. The summed E-state index contributed by atoms with van der Waals surface area (Å²) in [6, 6.07) is -1.76. The Kier molecular flexibility index (Phi) is 8.90. The van der Waals surface area contributed by atoms with Gasteiger partial charge in [-0.15, -0.1) is 0 Å². The fourth-order valence-corrected chi connectivity index (χ4v) is 1.79. The number of carboxylic acids is 1. The first-order valence-electron chi connectivity index (χ1n) is 6.41. The van der Waals surface area contributed by atoms with Gasteiger partial charge < -0.3 is 25.2 Å². The zero-order valence-corrected chi connectivity index (χ0v) is 11.8. The van der Waals surface area contributed by atoms with E-state index in [9.17, 15) is 9.59 Å². The summed E-state index contributed by atoms with van der Waals surface area (Å²) in [5, 5.41) is 20.0. The van der Waals surface area contributed by atoms with Gasteiger partial charge in [0, 0.05) is 19.7 Å². The molecule has 19 heavy (non-hydrogen) atoms. The summed E-state index contributed by atoms with van der Waals surface area (Å²) in [5.74, 6) is -1.26. The lowest BCUT2D eigenvalue weighted by Gasteiger charge is -2.31. The van der Waals surface area contributed by atoms with Crippen LogP contribution in [0.5, 0.6) is 0 Å². The number of aliphatic carboxylic acids is 1. The van der Waals surface area contributed by atoms with E-state index in [1.54, 1.807) is 4.90 Å². The van der Waals surface area contributed by atoms with E-state index < -0.39 is 24.6 Å². The molecule has 0 radical (unpaired) electrons. The predicted octanol–water partition coefficient (Wildman–Crippen LogP) is 0.279. The number of methoxy groups -OCH3 is 1. The number of carboxylic acid groups (broad SMARTS) is 1. The van der Waals surface area contributed by atoms with E-state index in [4.69, 9.17) is 14.9 Å². The molecular weight excluding hydrogens is 252 g/mol. The topological polar surface area (TPSA) is 99.1 Å². The maximum absolute atomic E-state index is 12.1. The number of carbonyl (C=O) groups is 2. The lowest BCUT2D eigenvalue weighted by Crippen LogP contribution is -2.53. The molecule has 0 unspecified atom stereocenters. The second-order valence-electron chi connectivity index (χ2n) is 4.18. The molecule has 2 amide bonds. The normalized spacial score (nSPS) is 12.3. The zero-order chi connectivity index (χ0) is 14.8. The maximum atomic E-state index is 12.1. The van der Waals surface area contributed by atoms with E-state index in [2.05, 4.69) is 5.32 Å². The number of rotatable bonds is 9. The molecule has 1 atom stereocenters. The molecule has 0 rings (SSSR count). The van der Waals surface area contributed by atoms with Crippen molar-refractivity contribution in [3.8, 4) is 0 Å². The van der Waals surface area contributed by atoms with Crippen molar-refractivity contribution in [2.24, 2.45) is 0 Å². The van der Waals surface area contributed by atoms with Crippen LogP contribution in [0.15, 0.2) is 0 Å². The minimum atomic E-state index is -1.29. The first kappa shape index (κ1) is 17.7. The predicted molar refractivity (Wildman–Crippen MR) is 70.0 cm³/mol. The molecule has 0 aliphatic heterocycles. The molecule has 7 nitrogen and oxygen atoms in total. The fourth-order valence-electron chi connectivity index (χ4n) is 1.79. The average Bonchev–Trinajstić information content (AvgIpc) is 2.40. The molecule has 0 aliphatic carbocycles. The molecule has 0 saturated carbocycles. The van der Waals surface area contributed by atoms with Gasteiger partial charge in [0.1, 0.15) is 0 Å². The molecule has 0 aliphatic rings. The van der Waals surface area contributed by atoms with Crippen LogP contribution in [-0.2, 0) is 9.53 Å². The number of nitrogens with zero attached hydrogens (tertiary/aromatic N) is 1. The molecule has 0 heterocycles. The summed E-state index contributed by atoms with van der Waals surface area (Å²) in [7, 11) is 1.54. The molecule has 3 N–H and O–H groups in total. The lowest BCUT2D eigenvalue weighted by atomic mass is 10.1. The summed E-state index contributed by atoms with van der Waals surface area (Å²) >= 11 is 0. The molecule has 0 aromatic carbocycles. The maximum Gasteiger partial charge on any atom is 0.328 e. The molecule has 0 spiro atoms. The van der Waals surface area contributed by atoms with E-state index in [1.165, 1.54) is 7.11 Å². The van der Waals surface area contributed by atoms with Crippen molar-refractivity contribution in [2.75, 3.05) is 26.9 Å². The number of urea groups is 1. The number of ether oxygens (including phenoxy) is 1. The van der Waals surface area contributed by atoms with Crippen LogP contribution in [0.2, 0.25) is 0 Å². The average molecular weight is 276 g/mol. The monoisotopic (exact) mass is 276 g/mol. The van der Waals surface area contributed by atoms with Gasteiger partial charge in [-0.05, 0) is 12.8 Å². The van der Waals surface area contributed by atoms with E-state index in [0.29, 0.717) is 13.2 Å². The Morgan fingerprint density at radius 2 is 1.89 bits per heavy atom. The highest BCUT2D eigenvalue weighted by Gasteiger charge is 2.25. The van der Waals surface area contributed by atoms with Crippen LogP contribution in [0.3, 0.4) is 0 Å². The summed E-state index contributed by atoms with van der Waals surface area (Å²) < 4.78 is 4.95. The summed E-state index contributed by atoms with van der Waals surface area (Å²) in [6.07, 6.45) is 1.54. The Balaban J connectivity index is 4.73. The highest BCUT2D eigenvalue weighted by molar-refractivity contribution is 5.82. The van der Waals surface area contributed by atoms with Crippen molar-refractivity contribution >= 4 is 12.0 Å². The summed E-state index contributed by atoms with van der Waals surface area (Å²) in [4.78, 5) is 24.4. The van der Waals surface area contributed by atoms with Gasteiger partial charge in [0.25, 0.3) is 0 Å². The molecule has 7 heteroatoms. The third-order valence-corrected chi connectivity index (χ3v) is 2.96. The number of amides is 2. The van der Waals surface area contributed by atoms with Crippen LogP contribution in [0, 0.1) is 0 Å². The fraction of sp³-hybridized carbons (Fsp3) is 0.833. The third kappa shape index (κ3) is 5.89. The largest absolute Gasteiger partial charge is 0.480 e. The lowest BCUT2D eigenvalue weighted by molar-refractivity contribution is -0.140. The second kappa shape index (κ2) is 9.57. The van der Waals surface area contributed by atoms with Crippen LogP contribution in [0.25, 0.3) is 0 Å². The molecule has 0 aromatic rings. The molecule has 0 saturated heterocycles. The van der Waals surface area contributed by atoms with Crippen molar-refractivity contribution in [1.29, 1.82) is 0 Å². The van der Waals surface area contributed by atoms with Crippen molar-refractivity contribution < 1.29 is 24.5 Å².